The third kappa shape index (κ3) is 7.24. The molecule has 1 rings (SSSR count). The van der Waals surface area contributed by atoms with Gasteiger partial charge in [0.1, 0.15) is 0 Å². The van der Waals surface area contributed by atoms with Gasteiger partial charge in [-0.3, -0.25) is 4.99 Å². The molecule has 1 aromatic rings. The zero-order chi connectivity index (χ0) is 16.4. The van der Waals surface area contributed by atoms with Crippen LogP contribution in [0.15, 0.2) is 33.7 Å². The summed E-state index contributed by atoms with van der Waals surface area (Å²) in [6.45, 7) is 4.33. The molecule has 5 nitrogen and oxygen atoms in total. The molecule has 0 spiro atoms. The lowest BCUT2D eigenvalue weighted by Crippen LogP contribution is -2.42. The van der Waals surface area contributed by atoms with Gasteiger partial charge in [-0.2, -0.15) is 0 Å². The number of hydrogen-bond donors (Lipinski definition) is 1. The monoisotopic (exact) mass is 370 g/mol. The van der Waals surface area contributed by atoms with Crippen molar-refractivity contribution in [1.29, 1.82) is 0 Å². The van der Waals surface area contributed by atoms with Crippen LogP contribution in [0.1, 0.15) is 5.56 Å². The third-order valence-corrected chi connectivity index (χ3v) is 3.89. The minimum absolute atomic E-state index is 0.759. The predicted molar refractivity (Wildman–Crippen MR) is 96.3 cm³/mol. The van der Waals surface area contributed by atoms with Gasteiger partial charge in [-0.25, -0.2) is 0 Å². The van der Waals surface area contributed by atoms with Crippen LogP contribution >= 0.6 is 15.9 Å². The smallest absolute Gasteiger partial charge is 0.193 e. The summed E-state index contributed by atoms with van der Waals surface area (Å²) in [4.78, 5) is 8.70. The number of ether oxygens (including phenoxy) is 1. The van der Waals surface area contributed by atoms with E-state index in [9.17, 15) is 0 Å². The highest BCUT2D eigenvalue weighted by atomic mass is 79.9. The minimum Gasteiger partial charge on any atom is -0.383 e. The van der Waals surface area contributed by atoms with E-state index in [1.54, 1.807) is 7.11 Å². The summed E-state index contributed by atoms with van der Waals surface area (Å²) in [5.74, 6) is 0.906. The average molecular weight is 371 g/mol. The number of likely N-dealkylation sites (N-methyl/N-ethyl adjacent to an activating group) is 1. The van der Waals surface area contributed by atoms with Gasteiger partial charge in [0.25, 0.3) is 0 Å². The number of benzene rings is 1. The van der Waals surface area contributed by atoms with Gasteiger partial charge in [-0.05, 0) is 24.7 Å². The van der Waals surface area contributed by atoms with E-state index >= 15 is 0 Å². The van der Waals surface area contributed by atoms with Crippen LogP contribution in [0, 0.1) is 0 Å². The summed E-state index contributed by atoms with van der Waals surface area (Å²) < 4.78 is 6.17. The van der Waals surface area contributed by atoms with Crippen molar-refractivity contribution in [2.24, 2.45) is 4.99 Å². The van der Waals surface area contributed by atoms with Crippen LogP contribution in [0.3, 0.4) is 0 Å². The summed E-state index contributed by atoms with van der Waals surface area (Å²) in [6.07, 6.45) is 0. The molecule has 0 aliphatic rings. The highest BCUT2D eigenvalue weighted by molar-refractivity contribution is 9.10. The molecular formula is C16H27BrN4O. The number of halogens is 1. The number of hydrogen-bond acceptors (Lipinski definition) is 3. The van der Waals surface area contributed by atoms with E-state index in [0.717, 1.165) is 43.2 Å². The third-order valence-electron chi connectivity index (χ3n) is 3.36. The minimum atomic E-state index is 0.759. The van der Waals surface area contributed by atoms with Crippen LogP contribution in [-0.4, -0.2) is 70.3 Å². The quantitative estimate of drug-likeness (QED) is 0.561. The molecule has 0 unspecified atom stereocenters. The lowest BCUT2D eigenvalue weighted by molar-refractivity contribution is 0.162. The molecule has 1 aromatic carbocycles. The molecule has 0 saturated heterocycles. The van der Waals surface area contributed by atoms with Gasteiger partial charge in [0, 0.05) is 51.9 Å². The maximum Gasteiger partial charge on any atom is 0.193 e. The highest BCUT2D eigenvalue weighted by Gasteiger charge is 2.07. The summed E-state index contributed by atoms with van der Waals surface area (Å²) in [6, 6.07) is 8.35. The van der Waals surface area contributed by atoms with Crippen LogP contribution in [0.5, 0.6) is 0 Å². The topological polar surface area (TPSA) is 40.1 Å². The molecule has 6 heteroatoms. The largest absolute Gasteiger partial charge is 0.383 e. The van der Waals surface area contributed by atoms with E-state index in [-0.39, 0.29) is 0 Å². The van der Waals surface area contributed by atoms with E-state index in [1.165, 1.54) is 5.56 Å². The second kappa shape index (κ2) is 10.6. The second-order valence-electron chi connectivity index (χ2n) is 5.25. The lowest BCUT2D eigenvalue weighted by Gasteiger charge is -2.23. The molecule has 0 radical (unpaired) electrons. The van der Waals surface area contributed by atoms with Crippen molar-refractivity contribution in [3.63, 3.8) is 0 Å². The molecule has 0 aliphatic carbocycles. The van der Waals surface area contributed by atoms with E-state index in [4.69, 9.17) is 4.74 Å². The first-order valence-corrected chi connectivity index (χ1v) is 8.19. The lowest BCUT2D eigenvalue weighted by atomic mass is 10.2. The number of methoxy groups -OCH3 is 1. The Balaban J connectivity index is 2.38. The van der Waals surface area contributed by atoms with E-state index in [1.807, 2.05) is 14.1 Å². The van der Waals surface area contributed by atoms with Crippen molar-refractivity contribution in [3.8, 4) is 0 Å². The standard InChI is InChI=1S/C16H27BrN4O/c1-18-16(19-9-10-20(2)11-12-22-4)21(3)13-14-5-7-15(17)8-6-14/h5-8H,9-13H2,1-4H3,(H,18,19). The molecule has 0 amide bonds. The fourth-order valence-electron chi connectivity index (χ4n) is 2.04. The van der Waals surface area contributed by atoms with Gasteiger partial charge in [-0.1, -0.05) is 28.1 Å². The van der Waals surface area contributed by atoms with Crippen LogP contribution in [0.4, 0.5) is 0 Å². The van der Waals surface area contributed by atoms with Crippen molar-refractivity contribution in [3.05, 3.63) is 34.3 Å². The molecule has 1 N–H and O–H groups in total. The highest BCUT2D eigenvalue weighted by Crippen LogP contribution is 2.11. The van der Waals surface area contributed by atoms with E-state index < -0.39 is 0 Å². The van der Waals surface area contributed by atoms with Gasteiger partial charge >= 0.3 is 0 Å². The maximum atomic E-state index is 5.08. The Morgan fingerprint density at radius 2 is 1.91 bits per heavy atom. The number of guanidine groups is 1. The van der Waals surface area contributed by atoms with Gasteiger partial charge in [0.05, 0.1) is 6.61 Å². The number of nitrogens with one attached hydrogen (secondary N) is 1. The Hall–Kier alpha value is -1.11. The first-order chi connectivity index (χ1) is 10.6. The second-order valence-corrected chi connectivity index (χ2v) is 6.17. The summed E-state index contributed by atoms with van der Waals surface area (Å²) >= 11 is 3.46. The van der Waals surface area contributed by atoms with Crippen LogP contribution in [0.2, 0.25) is 0 Å². The summed E-state index contributed by atoms with van der Waals surface area (Å²) in [7, 11) is 7.68. The first kappa shape index (κ1) is 18.9. The fourth-order valence-corrected chi connectivity index (χ4v) is 2.31. The molecule has 0 heterocycles. The average Bonchev–Trinajstić information content (AvgIpc) is 2.51. The molecule has 0 aromatic heterocycles. The van der Waals surface area contributed by atoms with Gasteiger partial charge < -0.3 is 19.9 Å². The predicted octanol–water partition coefficient (Wildman–Crippen LogP) is 2.03. The van der Waals surface area contributed by atoms with Gasteiger partial charge in [-0.15, -0.1) is 0 Å². The van der Waals surface area contributed by atoms with Crippen molar-refractivity contribution < 1.29 is 4.74 Å². The maximum absolute atomic E-state index is 5.08. The molecular weight excluding hydrogens is 344 g/mol. The number of nitrogens with zero attached hydrogens (tertiary/aromatic N) is 3. The normalized spacial score (nSPS) is 11.8. The number of aliphatic imine (C=N–C) groups is 1. The van der Waals surface area contributed by atoms with Crippen LogP contribution < -0.4 is 5.32 Å². The van der Waals surface area contributed by atoms with Crippen LogP contribution in [0.25, 0.3) is 0 Å². The summed E-state index contributed by atoms with van der Waals surface area (Å²) in [5.41, 5.74) is 1.26. The first-order valence-electron chi connectivity index (χ1n) is 7.40. The van der Waals surface area contributed by atoms with Crippen molar-refractivity contribution in [1.82, 2.24) is 15.1 Å². The molecule has 22 heavy (non-hydrogen) atoms. The van der Waals surface area contributed by atoms with Crippen molar-refractivity contribution in [2.45, 2.75) is 6.54 Å². The molecule has 0 saturated carbocycles. The van der Waals surface area contributed by atoms with Crippen molar-refractivity contribution >= 4 is 21.9 Å². The van der Waals surface area contributed by atoms with E-state index in [2.05, 4.69) is 67.4 Å². The Bertz CT molecular complexity index is 450. The van der Waals surface area contributed by atoms with E-state index in [0.29, 0.717) is 0 Å². The van der Waals surface area contributed by atoms with Crippen LogP contribution in [-0.2, 0) is 11.3 Å². The Labute approximate surface area is 142 Å². The summed E-state index contributed by atoms with van der Waals surface area (Å²) in [5, 5.41) is 3.39. The van der Waals surface area contributed by atoms with Crippen molar-refractivity contribution in [2.75, 3.05) is 54.5 Å². The molecule has 0 aliphatic heterocycles. The molecule has 0 atom stereocenters. The Kier molecular flexibility index (Phi) is 9.11. The molecule has 0 fully saturated rings. The molecule has 0 bridgehead atoms. The SMILES string of the molecule is CN=C(NCCN(C)CCOC)N(C)Cc1ccc(Br)cc1. The Morgan fingerprint density at radius 1 is 1.23 bits per heavy atom. The zero-order valence-corrected chi connectivity index (χ0v) is 15.6. The zero-order valence-electron chi connectivity index (χ0n) is 14.0. The van der Waals surface area contributed by atoms with Gasteiger partial charge in [0.2, 0.25) is 0 Å². The number of rotatable bonds is 8. The van der Waals surface area contributed by atoms with Gasteiger partial charge in [0.15, 0.2) is 5.96 Å². The molecule has 124 valence electrons. The fraction of sp³-hybridized carbons (Fsp3) is 0.562. The Morgan fingerprint density at radius 3 is 2.50 bits per heavy atom.